The van der Waals surface area contributed by atoms with Gasteiger partial charge in [-0.15, -0.1) is 0 Å². The van der Waals surface area contributed by atoms with Gasteiger partial charge in [-0.2, -0.15) is 0 Å². The minimum atomic E-state index is -0.0205. The molecule has 1 aromatic rings. The summed E-state index contributed by atoms with van der Waals surface area (Å²) >= 11 is 0. The van der Waals surface area contributed by atoms with Crippen LogP contribution in [0.5, 0.6) is 0 Å². The number of amides is 3. The van der Waals surface area contributed by atoms with Crippen molar-refractivity contribution in [1.29, 1.82) is 0 Å². The number of carbonyl (C=O) groups is 2. The lowest BCUT2D eigenvalue weighted by Crippen LogP contribution is -2.48. The molecule has 0 aliphatic carbocycles. The molecule has 0 N–H and O–H groups in total. The fourth-order valence-electron chi connectivity index (χ4n) is 2.63. The van der Waals surface area contributed by atoms with Crippen LogP contribution in [0.3, 0.4) is 0 Å². The lowest BCUT2D eigenvalue weighted by molar-refractivity contribution is 0.0434. The summed E-state index contributed by atoms with van der Waals surface area (Å²) in [5, 5.41) is 0. The molecule has 0 spiro atoms. The Morgan fingerprint density at radius 3 is 2.24 bits per heavy atom. The van der Waals surface area contributed by atoms with Gasteiger partial charge in [-0.05, 0) is 12.1 Å². The molecule has 2 heterocycles. The maximum Gasteiger partial charge on any atom is 0.321 e. The third kappa shape index (κ3) is 3.00. The molecule has 21 heavy (non-hydrogen) atoms. The number of morpholine rings is 1. The number of urea groups is 1. The predicted molar refractivity (Wildman–Crippen MR) is 76.8 cm³/mol. The molecule has 2 aliphatic heterocycles. The van der Waals surface area contributed by atoms with Gasteiger partial charge in [0, 0.05) is 31.7 Å². The standard InChI is InChI=1S/C15H19N3O3/c19-14(13-4-2-1-3-5-13)17-6-7-18(12-17)15(20)16-8-10-21-11-9-16/h1-5H,6-12H2. The van der Waals surface area contributed by atoms with Crippen LogP contribution in [0.25, 0.3) is 0 Å². The number of hydrogen-bond acceptors (Lipinski definition) is 3. The SMILES string of the molecule is O=C(c1ccccc1)N1CCN(C(=O)N2CCOCC2)C1. The van der Waals surface area contributed by atoms with Crippen LogP contribution in [0.2, 0.25) is 0 Å². The van der Waals surface area contributed by atoms with Crippen LogP contribution >= 0.6 is 0 Å². The largest absolute Gasteiger partial charge is 0.378 e. The van der Waals surface area contributed by atoms with Crippen LogP contribution in [-0.2, 0) is 4.74 Å². The quantitative estimate of drug-likeness (QED) is 0.770. The van der Waals surface area contributed by atoms with Crippen molar-refractivity contribution in [3.8, 4) is 0 Å². The van der Waals surface area contributed by atoms with Crippen LogP contribution in [0, 0.1) is 0 Å². The summed E-state index contributed by atoms with van der Waals surface area (Å²) in [4.78, 5) is 29.9. The lowest BCUT2D eigenvalue weighted by Gasteiger charge is -2.30. The molecular weight excluding hydrogens is 270 g/mol. The summed E-state index contributed by atoms with van der Waals surface area (Å²) < 4.78 is 5.25. The maximum atomic E-state index is 12.4. The van der Waals surface area contributed by atoms with E-state index in [2.05, 4.69) is 0 Å². The molecule has 2 saturated heterocycles. The van der Waals surface area contributed by atoms with Crippen LogP contribution in [0.1, 0.15) is 10.4 Å². The predicted octanol–water partition coefficient (Wildman–Crippen LogP) is 0.854. The molecule has 0 bridgehead atoms. The van der Waals surface area contributed by atoms with Crippen molar-refractivity contribution in [1.82, 2.24) is 14.7 Å². The summed E-state index contributed by atoms with van der Waals surface area (Å²) in [5.41, 5.74) is 0.665. The van der Waals surface area contributed by atoms with E-state index in [4.69, 9.17) is 4.74 Å². The minimum Gasteiger partial charge on any atom is -0.378 e. The first kappa shape index (κ1) is 13.9. The number of carbonyl (C=O) groups excluding carboxylic acids is 2. The second kappa shape index (κ2) is 6.13. The van der Waals surface area contributed by atoms with Crippen LogP contribution in [0.15, 0.2) is 30.3 Å². The summed E-state index contributed by atoms with van der Waals surface area (Å²) in [6, 6.07) is 9.18. The third-order valence-corrected chi connectivity index (χ3v) is 3.84. The van der Waals surface area contributed by atoms with Crippen LogP contribution in [-0.4, -0.2) is 72.7 Å². The molecule has 3 rings (SSSR count). The Bertz CT molecular complexity index is 514. The van der Waals surface area contributed by atoms with Gasteiger partial charge in [0.05, 0.1) is 19.9 Å². The highest BCUT2D eigenvalue weighted by Gasteiger charge is 2.31. The highest BCUT2D eigenvalue weighted by Crippen LogP contribution is 2.13. The minimum absolute atomic E-state index is 0.00154. The third-order valence-electron chi connectivity index (χ3n) is 3.84. The fourth-order valence-corrected chi connectivity index (χ4v) is 2.63. The Kier molecular flexibility index (Phi) is 4.06. The van der Waals surface area contributed by atoms with Gasteiger partial charge < -0.3 is 19.4 Å². The van der Waals surface area contributed by atoms with Crippen LogP contribution < -0.4 is 0 Å². The Labute approximate surface area is 123 Å². The average Bonchev–Trinajstić information content (AvgIpc) is 3.05. The normalized spacial score (nSPS) is 19.0. The molecule has 0 saturated carbocycles. The average molecular weight is 289 g/mol. The van der Waals surface area contributed by atoms with Gasteiger partial charge in [0.25, 0.3) is 5.91 Å². The van der Waals surface area contributed by atoms with Crippen molar-refractivity contribution < 1.29 is 14.3 Å². The number of ether oxygens (including phenoxy) is 1. The molecule has 6 nitrogen and oxygen atoms in total. The first-order valence-electron chi connectivity index (χ1n) is 7.21. The molecule has 3 amide bonds. The first-order chi connectivity index (χ1) is 10.3. The zero-order valence-corrected chi connectivity index (χ0v) is 11.9. The van der Waals surface area contributed by atoms with Gasteiger partial charge in [-0.3, -0.25) is 4.79 Å². The van der Waals surface area contributed by atoms with E-state index in [0.29, 0.717) is 51.6 Å². The van der Waals surface area contributed by atoms with Gasteiger partial charge in [-0.1, -0.05) is 18.2 Å². The molecule has 2 fully saturated rings. The summed E-state index contributed by atoms with van der Waals surface area (Å²) in [6.07, 6.45) is 0. The van der Waals surface area contributed by atoms with Crippen molar-refractivity contribution >= 4 is 11.9 Å². The Morgan fingerprint density at radius 1 is 0.857 bits per heavy atom. The Hall–Kier alpha value is -2.08. The molecule has 112 valence electrons. The van der Waals surface area contributed by atoms with E-state index in [1.165, 1.54) is 0 Å². The van der Waals surface area contributed by atoms with Gasteiger partial charge in [0.1, 0.15) is 0 Å². The fraction of sp³-hybridized carbons (Fsp3) is 0.467. The topological polar surface area (TPSA) is 53.1 Å². The van der Waals surface area contributed by atoms with Crippen LogP contribution in [0.4, 0.5) is 4.79 Å². The van der Waals surface area contributed by atoms with Gasteiger partial charge in [0.2, 0.25) is 0 Å². The molecule has 0 aromatic heterocycles. The smallest absolute Gasteiger partial charge is 0.321 e. The first-order valence-corrected chi connectivity index (χ1v) is 7.21. The van der Waals surface area contributed by atoms with E-state index in [0.717, 1.165) is 0 Å². The van der Waals surface area contributed by atoms with Crippen molar-refractivity contribution in [2.75, 3.05) is 46.1 Å². The zero-order chi connectivity index (χ0) is 14.7. The van der Waals surface area contributed by atoms with Crippen molar-refractivity contribution in [3.63, 3.8) is 0 Å². The number of benzene rings is 1. The van der Waals surface area contributed by atoms with Gasteiger partial charge >= 0.3 is 6.03 Å². The molecule has 0 atom stereocenters. The Morgan fingerprint density at radius 2 is 1.52 bits per heavy atom. The Balaban J connectivity index is 1.60. The molecule has 6 heteroatoms. The highest BCUT2D eigenvalue weighted by atomic mass is 16.5. The van der Waals surface area contributed by atoms with E-state index >= 15 is 0 Å². The second-order valence-corrected chi connectivity index (χ2v) is 5.22. The molecule has 0 radical (unpaired) electrons. The molecule has 0 unspecified atom stereocenters. The number of rotatable bonds is 1. The monoisotopic (exact) mass is 289 g/mol. The summed E-state index contributed by atoms with van der Waals surface area (Å²) in [6.45, 7) is 3.98. The van der Waals surface area contributed by atoms with E-state index in [9.17, 15) is 9.59 Å². The van der Waals surface area contributed by atoms with E-state index < -0.39 is 0 Å². The number of nitrogens with zero attached hydrogens (tertiary/aromatic N) is 3. The van der Waals surface area contributed by atoms with E-state index in [-0.39, 0.29) is 11.9 Å². The van der Waals surface area contributed by atoms with Crippen molar-refractivity contribution in [3.05, 3.63) is 35.9 Å². The van der Waals surface area contributed by atoms with E-state index in [1.54, 1.807) is 26.8 Å². The zero-order valence-electron chi connectivity index (χ0n) is 11.9. The maximum absolute atomic E-state index is 12.4. The molecule has 1 aromatic carbocycles. The summed E-state index contributed by atoms with van der Waals surface area (Å²) in [7, 11) is 0. The second-order valence-electron chi connectivity index (χ2n) is 5.22. The lowest BCUT2D eigenvalue weighted by atomic mass is 10.2. The van der Waals surface area contributed by atoms with Gasteiger partial charge in [0.15, 0.2) is 0 Å². The van der Waals surface area contributed by atoms with Gasteiger partial charge in [-0.25, -0.2) is 4.79 Å². The van der Waals surface area contributed by atoms with Crippen molar-refractivity contribution in [2.45, 2.75) is 0 Å². The van der Waals surface area contributed by atoms with Crippen molar-refractivity contribution in [2.24, 2.45) is 0 Å². The molecule has 2 aliphatic rings. The van der Waals surface area contributed by atoms with E-state index in [1.807, 2.05) is 18.2 Å². The molecular formula is C15H19N3O3. The summed E-state index contributed by atoms with van der Waals surface area (Å²) in [5.74, 6) is -0.0205. The number of hydrogen-bond donors (Lipinski definition) is 0. The highest BCUT2D eigenvalue weighted by molar-refractivity contribution is 5.94.